The number of ether oxygens (including phenoxy) is 2. The second-order valence-corrected chi connectivity index (χ2v) is 9.72. The van der Waals surface area contributed by atoms with Crippen LogP contribution in [0, 0.1) is 6.92 Å². The molecule has 0 radical (unpaired) electrons. The number of benzene rings is 3. The summed E-state index contributed by atoms with van der Waals surface area (Å²) >= 11 is 6.48. The number of fused-ring (bicyclic) bond motifs is 1. The van der Waals surface area contributed by atoms with Gasteiger partial charge in [-0.25, -0.2) is 4.98 Å². The number of anilines is 2. The Bertz CT molecular complexity index is 1440. The van der Waals surface area contributed by atoms with E-state index in [-0.39, 0.29) is 5.97 Å². The zero-order valence-corrected chi connectivity index (χ0v) is 22.3. The van der Waals surface area contributed by atoms with Crippen LogP contribution in [0.25, 0.3) is 22.2 Å². The fourth-order valence-electron chi connectivity index (χ4n) is 4.48. The maximum atomic E-state index is 11.7. The molecule has 196 valence electrons. The predicted molar refractivity (Wildman–Crippen MR) is 149 cm³/mol. The van der Waals surface area contributed by atoms with Gasteiger partial charge in [-0.15, -0.1) is 10.2 Å². The predicted octanol–water partition coefficient (Wildman–Crippen LogP) is 6.19. The number of carbonyl (C=O) groups is 1. The third kappa shape index (κ3) is 6.20. The van der Waals surface area contributed by atoms with E-state index in [0.717, 1.165) is 40.2 Å². The Balaban J connectivity index is 1.29. The number of hydrogen-bond donors (Lipinski definition) is 1. The largest absolute Gasteiger partial charge is 0.492 e. The first-order valence-corrected chi connectivity index (χ1v) is 13.2. The van der Waals surface area contributed by atoms with Crippen molar-refractivity contribution >= 4 is 40.2 Å². The van der Waals surface area contributed by atoms with Crippen LogP contribution >= 0.6 is 11.6 Å². The molecule has 1 fully saturated rings. The summed E-state index contributed by atoms with van der Waals surface area (Å²) in [6, 6.07) is 16.8. The maximum Gasteiger partial charge on any atom is 0.310 e. The molecule has 1 saturated heterocycles. The second-order valence-electron chi connectivity index (χ2n) is 9.31. The number of esters is 1. The van der Waals surface area contributed by atoms with E-state index in [1.165, 1.54) is 25.9 Å². The van der Waals surface area contributed by atoms with Gasteiger partial charge in [0.25, 0.3) is 0 Å². The highest BCUT2D eigenvalue weighted by Crippen LogP contribution is 2.34. The average Bonchev–Trinajstić information content (AvgIpc) is 3.44. The van der Waals surface area contributed by atoms with Crippen LogP contribution in [0.4, 0.5) is 11.6 Å². The molecule has 9 heteroatoms. The van der Waals surface area contributed by atoms with E-state index in [1.807, 2.05) is 43.3 Å². The number of carbonyl (C=O) groups excluding carboxylic acids is 1. The van der Waals surface area contributed by atoms with Gasteiger partial charge in [-0.3, -0.25) is 9.69 Å². The zero-order chi connectivity index (χ0) is 26.5. The molecule has 1 aliphatic rings. The number of halogens is 1. The van der Waals surface area contributed by atoms with Crippen molar-refractivity contribution in [3.8, 4) is 22.6 Å². The Morgan fingerprint density at radius 3 is 2.55 bits per heavy atom. The quantitative estimate of drug-likeness (QED) is 0.202. The third-order valence-electron chi connectivity index (χ3n) is 6.51. The monoisotopic (exact) mass is 531 g/mol. The van der Waals surface area contributed by atoms with Crippen molar-refractivity contribution in [1.29, 1.82) is 0 Å². The van der Waals surface area contributed by atoms with Gasteiger partial charge in [-0.1, -0.05) is 18.5 Å². The molecular formula is C29H30ClN5O3. The molecule has 0 unspecified atom stereocenters. The lowest BCUT2D eigenvalue weighted by Gasteiger charge is -2.15. The number of nitrogens with zero attached hydrogens (tertiary/aromatic N) is 4. The summed E-state index contributed by atoms with van der Waals surface area (Å²) in [4.78, 5) is 18.8. The molecule has 3 aromatic carbocycles. The Morgan fingerprint density at radius 1 is 1.03 bits per heavy atom. The molecule has 5 rings (SSSR count). The van der Waals surface area contributed by atoms with Gasteiger partial charge in [-0.2, -0.15) is 0 Å². The molecule has 1 aromatic heterocycles. The Labute approximate surface area is 226 Å². The van der Waals surface area contributed by atoms with Crippen molar-refractivity contribution in [2.45, 2.75) is 33.1 Å². The summed E-state index contributed by atoms with van der Waals surface area (Å²) in [5, 5.41) is 12.4. The SMILES string of the molecule is CCC(=O)Oc1ccc(Cl)c(-c2cc(C)c3nc(Nc4ccc(OCCN5CCCC5)cc4)nnc3c2)c1. The van der Waals surface area contributed by atoms with Crippen LogP contribution in [0.1, 0.15) is 31.7 Å². The topological polar surface area (TPSA) is 89.5 Å². The molecule has 0 atom stereocenters. The summed E-state index contributed by atoms with van der Waals surface area (Å²) in [6.07, 6.45) is 2.86. The second kappa shape index (κ2) is 11.8. The van der Waals surface area contributed by atoms with E-state index >= 15 is 0 Å². The smallest absolute Gasteiger partial charge is 0.310 e. The average molecular weight is 532 g/mol. The summed E-state index contributed by atoms with van der Waals surface area (Å²) in [6.45, 7) is 7.70. The van der Waals surface area contributed by atoms with Gasteiger partial charge in [0.15, 0.2) is 0 Å². The fourth-order valence-corrected chi connectivity index (χ4v) is 4.70. The van der Waals surface area contributed by atoms with Gasteiger partial charge in [0, 0.05) is 29.2 Å². The molecule has 38 heavy (non-hydrogen) atoms. The molecule has 4 aromatic rings. The molecule has 0 amide bonds. The number of nitrogens with one attached hydrogen (secondary N) is 1. The molecule has 1 aliphatic heterocycles. The molecule has 8 nitrogen and oxygen atoms in total. The molecule has 0 aliphatic carbocycles. The molecule has 0 saturated carbocycles. The maximum absolute atomic E-state index is 11.7. The number of aryl methyl sites for hydroxylation is 1. The van der Waals surface area contributed by atoms with Crippen LogP contribution < -0.4 is 14.8 Å². The van der Waals surface area contributed by atoms with Crippen LogP contribution in [0.15, 0.2) is 54.6 Å². The van der Waals surface area contributed by atoms with Crippen molar-refractivity contribution in [3.05, 3.63) is 65.2 Å². The van der Waals surface area contributed by atoms with Crippen molar-refractivity contribution in [2.24, 2.45) is 0 Å². The number of aromatic nitrogens is 3. The summed E-state index contributed by atoms with van der Waals surface area (Å²) in [7, 11) is 0. The van der Waals surface area contributed by atoms with E-state index in [1.54, 1.807) is 25.1 Å². The molecule has 2 heterocycles. The van der Waals surface area contributed by atoms with Gasteiger partial charge in [-0.05, 0) is 98.6 Å². The lowest BCUT2D eigenvalue weighted by molar-refractivity contribution is -0.134. The Morgan fingerprint density at radius 2 is 1.79 bits per heavy atom. The van der Waals surface area contributed by atoms with Gasteiger partial charge in [0.2, 0.25) is 5.95 Å². The first-order chi connectivity index (χ1) is 18.5. The van der Waals surface area contributed by atoms with Crippen LogP contribution in [0.5, 0.6) is 11.5 Å². The van der Waals surface area contributed by atoms with Crippen molar-refractivity contribution in [2.75, 3.05) is 31.6 Å². The number of likely N-dealkylation sites (tertiary alicyclic amines) is 1. The van der Waals surface area contributed by atoms with Crippen molar-refractivity contribution in [3.63, 3.8) is 0 Å². The lowest BCUT2D eigenvalue weighted by Crippen LogP contribution is -2.25. The van der Waals surface area contributed by atoms with Gasteiger partial charge in [0.1, 0.15) is 23.6 Å². The first-order valence-electron chi connectivity index (χ1n) is 12.9. The first kappa shape index (κ1) is 25.9. The van der Waals surface area contributed by atoms with E-state index in [9.17, 15) is 4.79 Å². The van der Waals surface area contributed by atoms with Gasteiger partial charge < -0.3 is 14.8 Å². The Hall–Kier alpha value is -3.75. The van der Waals surface area contributed by atoms with E-state index in [0.29, 0.717) is 35.3 Å². The van der Waals surface area contributed by atoms with E-state index in [4.69, 9.17) is 21.1 Å². The minimum Gasteiger partial charge on any atom is -0.492 e. The van der Waals surface area contributed by atoms with Crippen molar-refractivity contribution < 1.29 is 14.3 Å². The highest BCUT2D eigenvalue weighted by Gasteiger charge is 2.13. The molecular weight excluding hydrogens is 502 g/mol. The van der Waals surface area contributed by atoms with Gasteiger partial charge >= 0.3 is 5.97 Å². The normalized spacial score (nSPS) is 13.6. The molecule has 0 spiro atoms. The lowest BCUT2D eigenvalue weighted by atomic mass is 10.0. The standard InChI is InChI=1S/C29H30ClN5O3/c1-3-27(36)38-23-10-11-25(30)24(18-23)20-16-19(2)28-26(17-20)33-34-29(32-28)31-21-6-8-22(9-7-21)37-15-14-35-12-4-5-13-35/h6-11,16-18H,3-5,12-15H2,1-2H3,(H,31,32,34). The number of hydrogen-bond acceptors (Lipinski definition) is 8. The fraction of sp³-hybridized carbons (Fsp3) is 0.310. The Kier molecular flexibility index (Phi) is 8.00. The van der Waals surface area contributed by atoms with Crippen LogP contribution in [-0.4, -0.2) is 52.3 Å². The van der Waals surface area contributed by atoms with E-state index < -0.39 is 0 Å². The summed E-state index contributed by atoms with van der Waals surface area (Å²) in [5.41, 5.74) is 4.72. The minimum absolute atomic E-state index is 0.293. The highest BCUT2D eigenvalue weighted by atomic mass is 35.5. The highest BCUT2D eigenvalue weighted by molar-refractivity contribution is 6.33. The molecule has 1 N–H and O–H groups in total. The summed E-state index contributed by atoms with van der Waals surface area (Å²) < 4.78 is 11.2. The zero-order valence-electron chi connectivity index (χ0n) is 21.5. The minimum atomic E-state index is -0.303. The summed E-state index contributed by atoms with van der Waals surface area (Å²) in [5.74, 6) is 1.38. The number of rotatable bonds is 9. The van der Waals surface area contributed by atoms with Crippen LogP contribution in [0.2, 0.25) is 5.02 Å². The molecule has 0 bridgehead atoms. The van der Waals surface area contributed by atoms with Crippen molar-refractivity contribution in [1.82, 2.24) is 20.1 Å². The van der Waals surface area contributed by atoms with Crippen LogP contribution in [-0.2, 0) is 4.79 Å². The van der Waals surface area contributed by atoms with Gasteiger partial charge in [0.05, 0.1) is 5.52 Å². The van der Waals surface area contributed by atoms with Crippen LogP contribution in [0.3, 0.4) is 0 Å². The van der Waals surface area contributed by atoms with E-state index in [2.05, 4.69) is 25.4 Å². The third-order valence-corrected chi connectivity index (χ3v) is 6.83.